The van der Waals surface area contributed by atoms with Gasteiger partial charge in [-0.2, -0.15) is 0 Å². The van der Waals surface area contributed by atoms with Crippen molar-refractivity contribution in [3.63, 3.8) is 0 Å². The molecule has 1 saturated heterocycles. The molecule has 0 radical (unpaired) electrons. The van der Waals surface area contributed by atoms with E-state index < -0.39 is 5.54 Å². The number of carbonyl (C=O) groups is 2. The molecule has 0 spiro atoms. The molecule has 4 heteroatoms. The van der Waals surface area contributed by atoms with Crippen LogP contribution < -0.4 is 5.32 Å². The predicted octanol–water partition coefficient (Wildman–Crippen LogP) is 3.17. The molecular formula is C19H18N2O2. The molecule has 1 aliphatic rings. The van der Waals surface area contributed by atoms with Gasteiger partial charge in [0.05, 0.1) is 0 Å². The molecule has 0 bridgehead atoms. The van der Waals surface area contributed by atoms with Crippen LogP contribution in [-0.2, 0) is 10.3 Å². The summed E-state index contributed by atoms with van der Waals surface area (Å²) in [4.78, 5) is 26.1. The Bertz CT molecular complexity index is 740. The Morgan fingerprint density at radius 2 is 1.61 bits per heavy atom. The molecule has 0 aromatic heterocycles. The molecular weight excluding hydrogens is 288 g/mol. The molecule has 2 aromatic carbocycles. The molecule has 1 atom stereocenters. The second kappa shape index (κ2) is 6.08. The minimum Gasteiger partial charge on any atom is -0.319 e. The summed E-state index contributed by atoms with van der Waals surface area (Å²) >= 11 is 0. The number of hydrogen-bond acceptors (Lipinski definition) is 2. The number of benzene rings is 2. The third-order valence-electron chi connectivity index (χ3n) is 4.02. The van der Waals surface area contributed by atoms with Crippen molar-refractivity contribution in [3.05, 3.63) is 77.9 Å². The van der Waals surface area contributed by atoms with Gasteiger partial charge in [-0.15, -0.1) is 0 Å². The Labute approximate surface area is 135 Å². The van der Waals surface area contributed by atoms with Crippen LogP contribution in [0.15, 0.2) is 66.7 Å². The van der Waals surface area contributed by atoms with E-state index >= 15 is 0 Å². The molecule has 23 heavy (non-hydrogen) atoms. The van der Waals surface area contributed by atoms with Gasteiger partial charge in [-0.25, -0.2) is 4.79 Å². The highest BCUT2D eigenvalue weighted by molar-refractivity contribution is 6.07. The van der Waals surface area contributed by atoms with E-state index in [1.807, 2.05) is 72.8 Å². The first kappa shape index (κ1) is 15.0. The van der Waals surface area contributed by atoms with E-state index in [1.165, 1.54) is 4.90 Å². The van der Waals surface area contributed by atoms with Crippen molar-refractivity contribution in [3.8, 4) is 0 Å². The number of carbonyl (C=O) groups excluding carboxylic acids is 2. The van der Waals surface area contributed by atoms with Gasteiger partial charge in [0.2, 0.25) is 0 Å². The third-order valence-corrected chi connectivity index (χ3v) is 4.02. The highest BCUT2D eigenvalue weighted by Gasteiger charge is 2.48. The maximum Gasteiger partial charge on any atom is 0.325 e. The van der Waals surface area contributed by atoms with Crippen LogP contribution in [0.25, 0.3) is 6.08 Å². The SMILES string of the molecule is CC1(c2ccccc2)NC(=O)N(C/C=C/c2ccccc2)C1=O. The Morgan fingerprint density at radius 3 is 2.26 bits per heavy atom. The van der Waals surface area contributed by atoms with E-state index in [-0.39, 0.29) is 18.5 Å². The van der Waals surface area contributed by atoms with Crippen molar-refractivity contribution in [2.24, 2.45) is 0 Å². The van der Waals surface area contributed by atoms with E-state index in [0.29, 0.717) is 0 Å². The molecule has 2 aromatic rings. The lowest BCUT2D eigenvalue weighted by Crippen LogP contribution is -2.40. The molecule has 3 rings (SSSR count). The van der Waals surface area contributed by atoms with Gasteiger partial charge in [0, 0.05) is 6.54 Å². The van der Waals surface area contributed by atoms with Gasteiger partial charge >= 0.3 is 6.03 Å². The summed E-state index contributed by atoms with van der Waals surface area (Å²) in [5.74, 6) is -0.230. The van der Waals surface area contributed by atoms with Crippen LogP contribution in [0.2, 0.25) is 0 Å². The summed E-state index contributed by atoms with van der Waals surface area (Å²) in [7, 11) is 0. The van der Waals surface area contributed by atoms with Gasteiger partial charge in [0.1, 0.15) is 5.54 Å². The van der Waals surface area contributed by atoms with Gasteiger partial charge < -0.3 is 5.32 Å². The zero-order chi connectivity index (χ0) is 16.3. The van der Waals surface area contributed by atoms with Crippen molar-refractivity contribution >= 4 is 18.0 Å². The van der Waals surface area contributed by atoms with E-state index in [0.717, 1.165) is 11.1 Å². The average Bonchev–Trinajstić information content (AvgIpc) is 2.81. The predicted molar refractivity (Wildman–Crippen MR) is 89.5 cm³/mol. The van der Waals surface area contributed by atoms with Crippen molar-refractivity contribution in [2.45, 2.75) is 12.5 Å². The summed E-state index contributed by atoms with van der Waals surface area (Å²) < 4.78 is 0. The maximum absolute atomic E-state index is 12.7. The molecule has 4 nitrogen and oxygen atoms in total. The zero-order valence-electron chi connectivity index (χ0n) is 12.9. The van der Waals surface area contributed by atoms with Gasteiger partial charge in [-0.1, -0.05) is 72.8 Å². The van der Waals surface area contributed by atoms with Crippen LogP contribution in [0, 0.1) is 0 Å². The fourth-order valence-electron chi connectivity index (χ4n) is 2.69. The van der Waals surface area contributed by atoms with Crippen LogP contribution in [-0.4, -0.2) is 23.4 Å². The lowest BCUT2D eigenvalue weighted by molar-refractivity contribution is -0.130. The third kappa shape index (κ3) is 2.88. The highest BCUT2D eigenvalue weighted by Crippen LogP contribution is 2.28. The van der Waals surface area contributed by atoms with E-state index in [2.05, 4.69) is 5.32 Å². The topological polar surface area (TPSA) is 49.4 Å². The first-order valence-corrected chi connectivity index (χ1v) is 7.52. The summed E-state index contributed by atoms with van der Waals surface area (Å²) in [6.07, 6.45) is 3.72. The first-order valence-electron chi connectivity index (χ1n) is 7.52. The number of hydrogen-bond donors (Lipinski definition) is 1. The maximum atomic E-state index is 12.7. The summed E-state index contributed by atoms with van der Waals surface area (Å²) in [6, 6.07) is 18.7. The fourth-order valence-corrected chi connectivity index (χ4v) is 2.69. The van der Waals surface area contributed by atoms with Gasteiger partial charge in [-0.3, -0.25) is 9.69 Å². The molecule has 1 heterocycles. The summed E-state index contributed by atoms with van der Waals surface area (Å²) in [6.45, 7) is 1.99. The summed E-state index contributed by atoms with van der Waals surface area (Å²) in [5.41, 5.74) is 0.817. The Kier molecular flexibility index (Phi) is 3.98. The Morgan fingerprint density at radius 1 is 1.00 bits per heavy atom. The van der Waals surface area contributed by atoms with Crippen LogP contribution in [0.5, 0.6) is 0 Å². The molecule has 1 N–H and O–H groups in total. The molecule has 116 valence electrons. The van der Waals surface area contributed by atoms with Crippen LogP contribution in [0.4, 0.5) is 4.79 Å². The smallest absolute Gasteiger partial charge is 0.319 e. The van der Waals surface area contributed by atoms with Gasteiger partial charge in [0.15, 0.2) is 0 Å². The molecule has 1 unspecified atom stereocenters. The number of nitrogens with one attached hydrogen (secondary N) is 1. The van der Waals surface area contributed by atoms with E-state index in [4.69, 9.17) is 0 Å². The van der Waals surface area contributed by atoms with Gasteiger partial charge in [0.25, 0.3) is 5.91 Å². The minimum atomic E-state index is -1.00. The standard InChI is InChI=1S/C19H18N2O2/c1-19(16-12-6-3-7-13-16)17(22)21(18(23)20-19)14-8-11-15-9-4-2-5-10-15/h2-13H,14H2,1H3,(H,20,23)/b11-8+. The van der Waals surface area contributed by atoms with E-state index in [9.17, 15) is 9.59 Å². The second-order valence-electron chi connectivity index (χ2n) is 5.65. The fraction of sp³-hybridized carbons (Fsp3) is 0.158. The van der Waals surface area contributed by atoms with Crippen LogP contribution >= 0.6 is 0 Å². The molecule has 1 fully saturated rings. The summed E-state index contributed by atoms with van der Waals surface area (Å²) in [5, 5.41) is 2.80. The Hall–Kier alpha value is -2.88. The van der Waals surface area contributed by atoms with E-state index in [1.54, 1.807) is 6.92 Å². The molecule has 0 saturated carbocycles. The van der Waals surface area contributed by atoms with Crippen molar-refractivity contribution in [1.82, 2.24) is 10.2 Å². The number of imide groups is 1. The van der Waals surface area contributed by atoms with Gasteiger partial charge in [-0.05, 0) is 18.1 Å². The minimum absolute atomic E-state index is 0.230. The largest absolute Gasteiger partial charge is 0.325 e. The number of rotatable bonds is 4. The van der Waals surface area contributed by atoms with Crippen molar-refractivity contribution in [1.29, 1.82) is 0 Å². The van der Waals surface area contributed by atoms with Crippen molar-refractivity contribution < 1.29 is 9.59 Å². The second-order valence-corrected chi connectivity index (χ2v) is 5.65. The number of amides is 3. The molecule has 0 aliphatic carbocycles. The number of nitrogens with zero attached hydrogens (tertiary/aromatic N) is 1. The quantitative estimate of drug-likeness (QED) is 0.882. The Balaban J connectivity index is 1.76. The lowest BCUT2D eigenvalue weighted by Gasteiger charge is -2.21. The normalized spacial score (nSPS) is 21.0. The van der Waals surface area contributed by atoms with Crippen LogP contribution in [0.1, 0.15) is 18.1 Å². The highest BCUT2D eigenvalue weighted by atomic mass is 16.2. The molecule has 3 amide bonds. The monoisotopic (exact) mass is 306 g/mol. The average molecular weight is 306 g/mol. The van der Waals surface area contributed by atoms with Crippen LogP contribution in [0.3, 0.4) is 0 Å². The lowest BCUT2D eigenvalue weighted by atomic mass is 9.92. The number of urea groups is 1. The molecule has 1 aliphatic heterocycles. The van der Waals surface area contributed by atoms with Crippen molar-refractivity contribution in [2.75, 3.05) is 6.54 Å². The first-order chi connectivity index (χ1) is 11.1. The zero-order valence-corrected chi connectivity index (χ0v) is 12.9.